The van der Waals surface area contributed by atoms with Crippen LogP contribution in [-0.2, 0) is 6.42 Å². The zero-order valence-electron chi connectivity index (χ0n) is 11.8. The molecular formula is C14H15N5OS. The van der Waals surface area contributed by atoms with Crippen LogP contribution in [-0.4, -0.2) is 26.7 Å². The van der Waals surface area contributed by atoms with Crippen molar-refractivity contribution in [1.82, 2.24) is 20.1 Å². The lowest BCUT2D eigenvalue weighted by Crippen LogP contribution is -2.06. The number of nitrogens with one attached hydrogen (secondary N) is 1. The van der Waals surface area contributed by atoms with Crippen LogP contribution < -0.4 is 5.32 Å². The number of pyridine rings is 1. The first-order valence-electron chi connectivity index (χ1n) is 6.62. The fourth-order valence-electron chi connectivity index (χ4n) is 1.89. The molecular weight excluding hydrogens is 286 g/mol. The summed E-state index contributed by atoms with van der Waals surface area (Å²) in [4.78, 5) is 14.1. The fourth-order valence-corrected chi connectivity index (χ4v) is 2.68. The van der Waals surface area contributed by atoms with Crippen molar-refractivity contribution in [3.8, 4) is 11.5 Å². The average molecular weight is 301 g/mol. The average Bonchev–Trinajstić information content (AvgIpc) is 3.08. The molecule has 3 heterocycles. The van der Waals surface area contributed by atoms with Crippen molar-refractivity contribution in [2.45, 2.75) is 20.3 Å². The zero-order valence-corrected chi connectivity index (χ0v) is 12.6. The zero-order chi connectivity index (χ0) is 14.7. The SMILES string of the molecule is Cc1noc(-c2ccnc(NCCc3ncc(C)s3)c2)n1. The highest BCUT2D eigenvalue weighted by Crippen LogP contribution is 2.19. The van der Waals surface area contributed by atoms with Crippen molar-refractivity contribution in [1.29, 1.82) is 0 Å². The lowest BCUT2D eigenvalue weighted by molar-refractivity contribution is 0.425. The Labute approximate surface area is 126 Å². The van der Waals surface area contributed by atoms with Gasteiger partial charge in [-0.05, 0) is 26.0 Å². The highest BCUT2D eigenvalue weighted by Gasteiger charge is 2.07. The van der Waals surface area contributed by atoms with Gasteiger partial charge in [-0.2, -0.15) is 4.98 Å². The maximum Gasteiger partial charge on any atom is 0.258 e. The molecule has 0 fully saturated rings. The van der Waals surface area contributed by atoms with Gasteiger partial charge in [0.2, 0.25) is 0 Å². The number of hydrogen-bond donors (Lipinski definition) is 1. The molecule has 3 rings (SSSR count). The van der Waals surface area contributed by atoms with Crippen LogP contribution >= 0.6 is 11.3 Å². The van der Waals surface area contributed by atoms with E-state index in [1.807, 2.05) is 18.3 Å². The molecule has 3 aromatic heterocycles. The summed E-state index contributed by atoms with van der Waals surface area (Å²) in [6.45, 7) is 4.64. The molecule has 0 amide bonds. The number of nitrogens with zero attached hydrogens (tertiary/aromatic N) is 4. The normalized spacial score (nSPS) is 10.8. The van der Waals surface area contributed by atoms with Gasteiger partial charge in [0.25, 0.3) is 5.89 Å². The smallest absolute Gasteiger partial charge is 0.258 e. The van der Waals surface area contributed by atoms with Gasteiger partial charge in [0, 0.05) is 35.8 Å². The summed E-state index contributed by atoms with van der Waals surface area (Å²) in [6.07, 6.45) is 4.51. The summed E-state index contributed by atoms with van der Waals surface area (Å²) in [7, 11) is 0. The van der Waals surface area contributed by atoms with Gasteiger partial charge in [0.1, 0.15) is 5.82 Å². The van der Waals surface area contributed by atoms with Gasteiger partial charge < -0.3 is 9.84 Å². The molecule has 3 aromatic rings. The molecule has 0 saturated heterocycles. The third kappa shape index (κ3) is 3.43. The number of rotatable bonds is 5. The van der Waals surface area contributed by atoms with E-state index < -0.39 is 0 Å². The summed E-state index contributed by atoms with van der Waals surface area (Å²) in [6, 6.07) is 3.75. The molecule has 0 saturated carbocycles. The predicted octanol–water partition coefficient (Wildman–Crippen LogP) is 2.86. The van der Waals surface area contributed by atoms with Crippen LogP contribution in [0.5, 0.6) is 0 Å². The molecule has 0 radical (unpaired) electrons. The van der Waals surface area contributed by atoms with Crippen molar-refractivity contribution in [2.24, 2.45) is 0 Å². The highest BCUT2D eigenvalue weighted by molar-refractivity contribution is 7.11. The highest BCUT2D eigenvalue weighted by atomic mass is 32.1. The van der Waals surface area contributed by atoms with E-state index in [1.165, 1.54) is 4.88 Å². The van der Waals surface area contributed by atoms with E-state index >= 15 is 0 Å². The van der Waals surface area contributed by atoms with Gasteiger partial charge in [-0.1, -0.05) is 5.16 Å². The van der Waals surface area contributed by atoms with E-state index in [0.717, 1.165) is 29.4 Å². The molecule has 0 bridgehead atoms. The first-order valence-corrected chi connectivity index (χ1v) is 7.44. The van der Waals surface area contributed by atoms with Gasteiger partial charge in [-0.15, -0.1) is 11.3 Å². The minimum atomic E-state index is 0.508. The first-order chi connectivity index (χ1) is 10.2. The van der Waals surface area contributed by atoms with Gasteiger partial charge in [-0.3, -0.25) is 0 Å². The van der Waals surface area contributed by atoms with Gasteiger partial charge in [0.05, 0.1) is 5.01 Å². The Morgan fingerprint density at radius 1 is 1.29 bits per heavy atom. The van der Waals surface area contributed by atoms with Crippen molar-refractivity contribution in [3.05, 3.63) is 40.2 Å². The number of hydrogen-bond acceptors (Lipinski definition) is 7. The largest absolute Gasteiger partial charge is 0.370 e. The second kappa shape index (κ2) is 6.01. The Balaban J connectivity index is 1.63. The van der Waals surface area contributed by atoms with Crippen LogP contribution in [0.1, 0.15) is 15.7 Å². The van der Waals surface area contributed by atoms with E-state index in [0.29, 0.717) is 11.7 Å². The number of aromatic nitrogens is 4. The summed E-state index contributed by atoms with van der Waals surface area (Å²) in [5, 5.41) is 8.21. The third-order valence-electron chi connectivity index (χ3n) is 2.85. The summed E-state index contributed by atoms with van der Waals surface area (Å²) in [5.41, 5.74) is 0.859. The Bertz CT molecular complexity index is 736. The molecule has 21 heavy (non-hydrogen) atoms. The predicted molar refractivity (Wildman–Crippen MR) is 81.3 cm³/mol. The van der Waals surface area contributed by atoms with Crippen molar-refractivity contribution in [3.63, 3.8) is 0 Å². The third-order valence-corrected chi connectivity index (χ3v) is 3.82. The minimum absolute atomic E-state index is 0.508. The van der Waals surface area contributed by atoms with Crippen LogP contribution in [0.3, 0.4) is 0 Å². The molecule has 6 nitrogen and oxygen atoms in total. The summed E-state index contributed by atoms with van der Waals surface area (Å²) in [5.74, 6) is 1.92. The molecule has 0 unspecified atom stereocenters. The minimum Gasteiger partial charge on any atom is -0.370 e. The molecule has 1 N–H and O–H groups in total. The lowest BCUT2D eigenvalue weighted by Gasteiger charge is -2.04. The van der Waals surface area contributed by atoms with E-state index in [-0.39, 0.29) is 0 Å². The number of anilines is 1. The van der Waals surface area contributed by atoms with E-state index in [4.69, 9.17) is 4.52 Å². The molecule has 108 valence electrons. The maximum atomic E-state index is 5.16. The molecule has 0 aliphatic rings. The Morgan fingerprint density at radius 3 is 2.90 bits per heavy atom. The Hall–Kier alpha value is -2.28. The number of aryl methyl sites for hydroxylation is 2. The van der Waals surface area contributed by atoms with Crippen molar-refractivity contribution < 1.29 is 4.52 Å². The topological polar surface area (TPSA) is 76.7 Å². The van der Waals surface area contributed by atoms with Gasteiger partial charge in [-0.25, -0.2) is 9.97 Å². The molecule has 0 aromatic carbocycles. The van der Waals surface area contributed by atoms with Crippen LogP contribution in [0.15, 0.2) is 29.0 Å². The van der Waals surface area contributed by atoms with E-state index in [1.54, 1.807) is 24.5 Å². The van der Waals surface area contributed by atoms with Crippen molar-refractivity contribution >= 4 is 17.2 Å². The van der Waals surface area contributed by atoms with E-state index in [9.17, 15) is 0 Å². The van der Waals surface area contributed by atoms with Crippen molar-refractivity contribution in [2.75, 3.05) is 11.9 Å². The van der Waals surface area contributed by atoms with E-state index in [2.05, 4.69) is 32.3 Å². The summed E-state index contributed by atoms with van der Waals surface area (Å²) < 4.78 is 5.16. The van der Waals surface area contributed by atoms with Crippen LogP contribution in [0.4, 0.5) is 5.82 Å². The molecule has 7 heteroatoms. The second-order valence-corrected chi connectivity index (χ2v) is 5.94. The summed E-state index contributed by atoms with van der Waals surface area (Å²) >= 11 is 1.72. The quantitative estimate of drug-likeness (QED) is 0.781. The standard InChI is InChI=1S/C14H15N5OS/c1-9-8-17-13(21-9)4-6-16-12-7-11(3-5-15-12)14-18-10(2)19-20-14/h3,5,7-8H,4,6H2,1-2H3,(H,15,16). The Kier molecular flexibility index (Phi) is 3.92. The molecule has 0 atom stereocenters. The molecule has 0 aliphatic heterocycles. The maximum absolute atomic E-state index is 5.16. The molecule has 0 spiro atoms. The van der Waals surface area contributed by atoms with Gasteiger partial charge in [0.15, 0.2) is 5.82 Å². The van der Waals surface area contributed by atoms with Crippen LogP contribution in [0, 0.1) is 13.8 Å². The molecule has 0 aliphatic carbocycles. The fraction of sp³-hybridized carbons (Fsp3) is 0.286. The van der Waals surface area contributed by atoms with Crippen LogP contribution in [0.2, 0.25) is 0 Å². The Morgan fingerprint density at radius 2 is 2.19 bits per heavy atom. The second-order valence-electron chi connectivity index (χ2n) is 4.62. The van der Waals surface area contributed by atoms with Crippen LogP contribution in [0.25, 0.3) is 11.5 Å². The monoisotopic (exact) mass is 301 g/mol. The number of thiazole rings is 1. The first kappa shape index (κ1) is 13.7. The lowest BCUT2D eigenvalue weighted by atomic mass is 10.2. The van der Waals surface area contributed by atoms with Gasteiger partial charge >= 0.3 is 0 Å².